The number of ether oxygens (including phenoxy) is 1. The molecule has 4 rings (SSSR count). The molecule has 124 valence electrons. The summed E-state index contributed by atoms with van der Waals surface area (Å²) in [5, 5.41) is 11.4. The monoisotopic (exact) mass is 333 g/mol. The first kappa shape index (κ1) is 15.0. The van der Waals surface area contributed by atoms with Gasteiger partial charge in [-0.1, -0.05) is 23.4 Å². The Labute approximate surface area is 143 Å². The average molecular weight is 333 g/mol. The molecule has 0 amide bonds. The van der Waals surface area contributed by atoms with Crippen molar-refractivity contribution in [2.45, 2.75) is 6.92 Å². The fraction of sp³-hybridized carbons (Fsp3) is 0.118. The molecule has 25 heavy (non-hydrogen) atoms. The summed E-state index contributed by atoms with van der Waals surface area (Å²) >= 11 is 0. The third-order valence-corrected chi connectivity index (χ3v) is 3.48. The lowest BCUT2D eigenvalue weighted by atomic mass is 10.3. The number of fused-ring (bicyclic) bond motifs is 1. The number of benzene rings is 1. The van der Waals surface area contributed by atoms with Crippen LogP contribution in [0.5, 0.6) is 5.88 Å². The molecule has 0 radical (unpaired) electrons. The lowest BCUT2D eigenvalue weighted by molar-refractivity contribution is 0.327. The van der Waals surface area contributed by atoms with Crippen LogP contribution in [0.1, 0.15) is 6.92 Å². The van der Waals surface area contributed by atoms with Gasteiger partial charge < -0.3 is 10.1 Å². The third kappa shape index (κ3) is 3.09. The van der Waals surface area contributed by atoms with Gasteiger partial charge in [-0.15, -0.1) is 5.10 Å². The summed E-state index contributed by atoms with van der Waals surface area (Å²) in [4.78, 5) is 13.0. The van der Waals surface area contributed by atoms with Gasteiger partial charge in [-0.25, -0.2) is 9.97 Å². The summed E-state index contributed by atoms with van der Waals surface area (Å²) in [5.74, 6) is 1.02. The lowest BCUT2D eigenvalue weighted by Crippen LogP contribution is -2.01. The minimum atomic E-state index is 0.443. The molecule has 0 bridgehead atoms. The van der Waals surface area contributed by atoms with Gasteiger partial charge in [-0.05, 0) is 25.1 Å². The molecule has 0 spiro atoms. The van der Waals surface area contributed by atoms with E-state index >= 15 is 0 Å². The summed E-state index contributed by atoms with van der Waals surface area (Å²) < 4.78 is 7.01. The van der Waals surface area contributed by atoms with Crippen LogP contribution in [0.4, 0.5) is 11.6 Å². The van der Waals surface area contributed by atoms with Gasteiger partial charge in [0.05, 0.1) is 30.4 Å². The van der Waals surface area contributed by atoms with Crippen molar-refractivity contribution in [1.82, 2.24) is 29.9 Å². The molecule has 8 heteroatoms. The maximum atomic E-state index is 5.33. The number of pyridine rings is 1. The van der Waals surface area contributed by atoms with Gasteiger partial charge in [-0.2, -0.15) is 9.67 Å². The van der Waals surface area contributed by atoms with Crippen molar-refractivity contribution < 1.29 is 4.74 Å². The third-order valence-electron chi connectivity index (χ3n) is 3.48. The average Bonchev–Trinajstić information content (AvgIpc) is 3.08. The quantitative estimate of drug-likeness (QED) is 0.600. The summed E-state index contributed by atoms with van der Waals surface area (Å²) in [5.41, 5.74) is 2.90. The molecular formula is C17H15N7O. The van der Waals surface area contributed by atoms with E-state index in [0.29, 0.717) is 29.6 Å². The number of nitrogens with zero attached hydrogens (tertiary/aromatic N) is 6. The Morgan fingerprint density at radius 3 is 2.68 bits per heavy atom. The van der Waals surface area contributed by atoms with Gasteiger partial charge in [-0.3, -0.25) is 0 Å². The SMILES string of the molecule is CCOc1ccc(Nc2ncc3nnn(-c4ccccc4)c3n2)cn1. The highest BCUT2D eigenvalue weighted by Gasteiger charge is 2.10. The summed E-state index contributed by atoms with van der Waals surface area (Å²) in [6.07, 6.45) is 3.31. The maximum Gasteiger partial charge on any atom is 0.229 e. The summed E-state index contributed by atoms with van der Waals surface area (Å²) in [7, 11) is 0. The van der Waals surface area contributed by atoms with E-state index in [-0.39, 0.29) is 0 Å². The van der Waals surface area contributed by atoms with E-state index in [0.717, 1.165) is 11.4 Å². The predicted octanol–water partition coefficient (Wildman–Crippen LogP) is 2.75. The van der Waals surface area contributed by atoms with E-state index < -0.39 is 0 Å². The standard InChI is InChI=1S/C17H15N7O/c1-2-25-15-9-8-12(10-18-15)20-17-19-11-14-16(21-17)24(23-22-14)13-6-4-3-5-7-13/h3-11H,2H2,1H3,(H,19,20,21). The second kappa shape index (κ2) is 6.52. The fourth-order valence-electron chi connectivity index (χ4n) is 2.35. The zero-order chi connectivity index (χ0) is 17.1. The predicted molar refractivity (Wildman–Crippen MR) is 93.1 cm³/mol. The molecule has 3 heterocycles. The number of aromatic nitrogens is 6. The highest BCUT2D eigenvalue weighted by Crippen LogP contribution is 2.18. The van der Waals surface area contributed by atoms with Crippen molar-refractivity contribution in [3.63, 3.8) is 0 Å². The Morgan fingerprint density at radius 2 is 1.92 bits per heavy atom. The number of hydrogen-bond donors (Lipinski definition) is 1. The van der Waals surface area contributed by atoms with Gasteiger partial charge in [0.25, 0.3) is 0 Å². The van der Waals surface area contributed by atoms with Gasteiger partial charge in [0.1, 0.15) is 0 Å². The molecule has 0 aliphatic carbocycles. The summed E-state index contributed by atoms with van der Waals surface area (Å²) in [6.45, 7) is 2.50. The van der Waals surface area contributed by atoms with Gasteiger partial charge in [0.2, 0.25) is 11.8 Å². The molecule has 3 aromatic heterocycles. The van der Waals surface area contributed by atoms with Crippen LogP contribution in [0.2, 0.25) is 0 Å². The van der Waals surface area contributed by atoms with Crippen molar-refractivity contribution in [3.05, 3.63) is 54.9 Å². The molecule has 0 saturated heterocycles. The van der Waals surface area contributed by atoms with Crippen LogP contribution < -0.4 is 10.1 Å². The maximum absolute atomic E-state index is 5.33. The molecule has 0 saturated carbocycles. The van der Waals surface area contributed by atoms with Gasteiger partial charge in [0, 0.05) is 6.07 Å². The van der Waals surface area contributed by atoms with Crippen LogP contribution in [-0.2, 0) is 0 Å². The molecule has 1 N–H and O–H groups in total. The largest absolute Gasteiger partial charge is 0.478 e. The van der Waals surface area contributed by atoms with Crippen LogP contribution in [-0.4, -0.2) is 36.6 Å². The summed E-state index contributed by atoms with van der Waals surface area (Å²) in [6, 6.07) is 13.4. The molecule has 0 fully saturated rings. The second-order valence-electron chi connectivity index (χ2n) is 5.18. The molecule has 0 unspecified atom stereocenters. The van der Waals surface area contributed by atoms with E-state index in [1.54, 1.807) is 23.1 Å². The van der Waals surface area contributed by atoms with E-state index in [2.05, 4.69) is 30.6 Å². The second-order valence-corrected chi connectivity index (χ2v) is 5.18. The van der Waals surface area contributed by atoms with Crippen molar-refractivity contribution in [2.24, 2.45) is 0 Å². The van der Waals surface area contributed by atoms with E-state index in [4.69, 9.17) is 4.74 Å². The number of para-hydroxylation sites is 1. The Kier molecular flexibility index (Phi) is 3.91. The number of anilines is 2. The van der Waals surface area contributed by atoms with Crippen molar-refractivity contribution in [2.75, 3.05) is 11.9 Å². The normalized spacial score (nSPS) is 10.8. The Bertz CT molecular complexity index is 983. The minimum Gasteiger partial charge on any atom is -0.478 e. The van der Waals surface area contributed by atoms with E-state index in [9.17, 15) is 0 Å². The Hall–Kier alpha value is -3.55. The number of nitrogens with one attached hydrogen (secondary N) is 1. The van der Waals surface area contributed by atoms with Crippen LogP contribution in [0.15, 0.2) is 54.9 Å². The van der Waals surface area contributed by atoms with Crippen LogP contribution in [0.3, 0.4) is 0 Å². The Morgan fingerprint density at radius 1 is 1.04 bits per heavy atom. The fourth-order valence-corrected chi connectivity index (χ4v) is 2.35. The van der Waals surface area contributed by atoms with Crippen LogP contribution >= 0.6 is 0 Å². The molecule has 0 aliphatic heterocycles. The Balaban J connectivity index is 1.64. The highest BCUT2D eigenvalue weighted by molar-refractivity contribution is 5.72. The topological polar surface area (TPSA) is 90.6 Å². The number of hydrogen-bond acceptors (Lipinski definition) is 7. The van der Waals surface area contributed by atoms with Crippen LogP contribution in [0, 0.1) is 0 Å². The van der Waals surface area contributed by atoms with Crippen molar-refractivity contribution in [3.8, 4) is 11.6 Å². The molecule has 8 nitrogen and oxygen atoms in total. The lowest BCUT2D eigenvalue weighted by Gasteiger charge is -2.06. The van der Waals surface area contributed by atoms with Crippen molar-refractivity contribution >= 4 is 22.8 Å². The molecule has 1 aromatic carbocycles. The zero-order valence-corrected chi connectivity index (χ0v) is 13.5. The van der Waals surface area contributed by atoms with Crippen LogP contribution in [0.25, 0.3) is 16.9 Å². The molecule has 0 atom stereocenters. The van der Waals surface area contributed by atoms with Crippen molar-refractivity contribution in [1.29, 1.82) is 0 Å². The first-order valence-corrected chi connectivity index (χ1v) is 7.83. The minimum absolute atomic E-state index is 0.443. The first-order chi connectivity index (χ1) is 12.3. The molecular weight excluding hydrogens is 318 g/mol. The zero-order valence-electron chi connectivity index (χ0n) is 13.5. The molecule has 4 aromatic rings. The first-order valence-electron chi connectivity index (χ1n) is 7.83. The highest BCUT2D eigenvalue weighted by atomic mass is 16.5. The smallest absolute Gasteiger partial charge is 0.229 e. The van der Waals surface area contributed by atoms with E-state index in [1.165, 1.54) is 0 Å². The number of rotatable bonds is 5. The van der Waals surface area contributed by atoms with E-state index in [1.807, 2.05) is 43.3 Å². The van der Waals surface area contributed by atoms with Gasteiger partial charge >= 0.3 is 0 Å². The molecule has 0 aliphatic rings. The van der Waals surface area contributed by atoms with Gasteiger partial charge in [0.15, 0.2) is 11.2 Å².